The van der Waals surface area contributed by atoms with E-state index in [4.69, 9.17) is 0 Å². The maximum Gasteiger partial charge on any atom is 0.262 e. The van der Waals surface area contributed by atoms with Crippen LogP contribution in [0.1, 0.15) is 32.7 Å². The molecule has 1 aliphatic rings. The first-order chi connectivity index (χ1) is 14.8. The van der Waals surface area contributed by atoms with Crippen LogP contribution in [0.4, 0.5) is 5.13 Å². The summed E-state index contributed by atoms with van der Waals surface area (Å²) in [6.07, 6.45) is 0.746. The van der Waals surface area contributed by atoms with Crippen molar-refractivity contribution in [3.8, 4) is 0 Å². The number of rotatable bonds is 7. The van der Waals surface area contributed by atoms with Crippen LogP contribution in [-0.4, -0.2) is 66.2 Å². The normalized spacial score (nSPS) is 12.9. The second-order valence-electron chi connectivity index (χ2n) is 7.91. The smallest absolute Gasteiger partial charge is 0.262 e. The second kappa shape index (κ2) is 9.77. The van der Waals surface area contributed by atoms with Crippen molar-refractivity contribution in [1.82, 2.24) is 14.8 Å². The number of carbonyl (C=O) groups excluding carboxylic acids is 3. The highest BCUT2D eigenvalue weighted by Gasteiger charge is 2.37. The van der Waals surface area contributed by atoms with Gasteiger partial charge in [0.2, 0.25) is 5.91 Å². The molecule has 32 heavy (non-hydrogen) atoms. The third kappa shape index (κ3) is 4.67. The molecule has 3 amide bonds. The average molecular weight is 472 g/mol. The average Bonchev–Trinajstić information content (AvgIpc) is 3.25. The Morgan fingerprint density at radius 2 is 1.69 bits per heavy atom. The standard InChI is InChI=1S/C23H24N4O3S.ClH/c1-15-9-10-18-19(13-15)31-23(24-18)26(12-6-11-25(2)3)20(28)14-27-21(29)16-7-4-5-8-17(16)22(27)30;/h4-5,7-10,13H,6,11-12,14H2,1-3H3;1H/p-1. The van der Waals surface area contributed by atoms with Crippen LogP contribution in [0, 0.1) is 6.92 Å². The first-order valence-electron chi connectivity index (χ1n) is 10.1. The second-order valence-corrected chi connectivity index (χ2v) is 8.92. The van der Waals surface area contributed by atoms with Crippen LogP contribution in [0.5, 0.6) is 0 Å². The van der Waals surface area contributed by atoms with E-state index in [2.05, 4.69) is 9.88 Å². The van der Waals surface area contributed by atoms with Crippen LogP contribution in [0.2, 0.25) is 0 Å². The zero-order valence-corrected chi connectivity index (χ0v) is 19.7. The largest absolute Gasteiger partial charge is 1.00 e. The molecule has 0 aliphatic carbocycles. The first kappa shape index (κ1) is 23.8. The number of fused-ring (bicyclic) bond motifs is 2. The van der Waals surface area contributed by atoms with E-state index in [1.807, 2.05) is 39.2 Å². The van der Waals surface area contributed by atoms with Gasteiger partial charge >= 0.3 is 0 Å². The molecule has 7 nitrogen and oxygen atoms in total. The summed E-state index contributed by atoms with van der Waals surface area (Å²) in [6.45, 7) is 2.98. The van der Waals surface area contributed by atoms with Gasteiger partial charge in [0, 0.05) is 6.54 Å². The first-order valence-corrected chi connectivity index (χ1v) is 10.9. The molecule has 0 radical (unpaired) electrons. The third-order valence-electron chi connectivity index (χ3n) is 5.22. The Morgan fingerprint density at radius 3 is 2.31 bits per heavy atom. The minimum absolute atomic E-state index is 0. The number of anilines is 1. The van der Waals surface area contributed by atoms with Crippen molar-refractivity contribution in [2.45, 2.75) is 13.3 Å². The van der Waals surface area contributed by atoms with E-state index < -0.39 is 11.8 Å². The van der Waals surface area contributed by atoms with Crippen molar-refractivity contribution in [3.05, 3.63) is 59.2 Å². The molecule has 0 unspecified atom stereocenters. The Hall–Kier alpha value is -2.81. The molecule has 0 N–H and O–H groups in total. The lowest BCUT2D eigenvalue weighted by Gasteiger charge is -2.23. The van der Waals surface area contributed by atoms with E-state index in [1.165, 1.54) is 11.3 Å². The Balaban J connectivity index is 0.00000289. The molecule has 0 fully saturated rings. The highest BCUT2D eigenvalue weighted by Crippen LogP contribution is 2.30. The van der Waals surface area contributed by atoms with Gasteiger partial charge in [-0.25, -0.2) is 4.98 Å². The molecule has 1 aliphatic heterocycles. The van der Waals surface area contributed by atoms with Crippen LogP contribution in [0.15, 0.2) is 42.5 Å². The number of benzene rings is 2. The maximum atomic E-state index is 13.3. The predicted octanol–water partition coefficient (Wildman–Crippen LogP) is 0.190. The van der Waals surface area contributed by atoms with Crippen molar-refractivity contribution >= 4 is 44.4 Å². The fourth-order valence-corrected chi connectivity index (χ4v) is 4.72. The van der Waals surface area contributed by atoms with Crippen LogP contribution in [0.25, 0.3) is 10.2 Å². The van der Waals surface area contributed by atoms with Gasteiger partial charge in [0.25, 0.3) is 11.8 Å². The zero-order valence-electron chi connectivity index (χ0n) is 18.2. The monoisotopic (exact) mass is 471 g/mol. The number of halogens is 1. The summed E-state index contributed by atoms with van der Waals surface area (Å²) in [6, 6.07) is 12.6. The van der Waals surface area contributed by atoms with E-state index >= 15 is 0 Å². The number of nitrogens with zero attached hydrogens (tertiary/aromatic N) is 4. The van der Waals surface area contributed by atoms with Crippen LogP contribution in [0.3, 0.4) is 0 Å². The van der Waals surface area contributed by atoms with Crippen LogP contribution >= 0.6 is 11.3 Å². The molecule has 0 bridgehead atoms. The number of aromatic nitrogens is 1. The summed E-state index contributed by atoms with van der Waals surface area (Å²) in [4.78, 5) is 48.0. The van der Waals surface area contributed by atoms with Crippen LogP contribution < -0.4 is 17.3 Å². The lowest BCUT2D eigenvalue weighted by Crippen LogP contribution is -3.00. The van der Waals surface area contributed by atoms with E-state index in [0.29, 0.717) is 22.8 Å². The Kier molecular flexibility index (Phi) is 7.28. The van der Waals surface area contributed by atoms with Gasteiger partial charge in [0.05, 0.1) is 21.3 Å². The fourth-order valence-electron chi connectivity index (χ4n) is 3.61. The van der Waals surface area contributed by atoms with Gasteiger partial charge in [-0.1, -0.05) is 29.5 Å². The molecule has 168 valence electrons. The summed E-state index contributed by atoms with van der Waals surface area (Å²) in [7, 11) is 3.96. The van der Waals surface area contributed by atoms with Gasteiger partial charge < -0.3 is 17.3 Å². The lowest BCUT2D eigenvalue weighted by molar-refractivity contribution is -0.119. The predicted molar refractivity (Wildman–Crippen MR) is 122 cm³/mol. The Morgan fingerprint density at radius 1 is 1.03 bits per heavy atom. The molecular formula is C23H24ClN4O3S-. The van der Waals surface area contributed by atoms with Crippen molar-refractivity contribution < 1.29 is 26.8 Å². The number of hydrogen-bond acceptors (Lipinski definition) is 6. The minimum atomic E-state index is -0.429. The molecule has 0 spiro atoms. The number of amides is 3. The van der Waals surface area contributed by atoms with Crippen LogP contribution in [-0.2, 0) is 4.79 Å². The summed E-state index contributed by atoms with van der Waals surface area (Å²) in [5.74, 6) is -1.17. The topological polar surface area (TPSA) is 73.8 Å². The Bertz CT molecular complexity index is 1140. The van der Waals surface area contributed by atoms with Gasteiger partial charge in [-0.3, -0.25) is 24.2 Å². The number of carbonyl (C=O) groups is 3. The molecule has 0 atom stereocenters. The third-order valence-corrected chi connectivity index (χ3v) is 6.26. The summed E-state index contributed by atoms with van der Waals surface area (Å²) < 4.78 is 1.00. The number of imide groups is 1. The Labute approximate surface area is 197 Å². The lowest BCUT2D eigenvalue weighted by atomic mass is 10.1. The van der Waals surface area contributed by atoms with Crippen molar-refractivity contribution in [3.63, 3.8) is 0 Å². The number of hydrogen-bond donors (Lipinski definition) is 0. The van der Waals surface area contributed by atoms with Gasteiger partial charge in [-0.2, -0.15) is 0 Å². The zero-order chi connectivity index (χ0) is 22.1. The highest BCUT2D eigenvalue weighted by molar-refractivity contribution is 7.22. The molecule has 3 aromatic rings. The van der Waals surface area contributed by atoms with E-state index in [-0.39, 0.29) is 24.9 Å². The molecular weight excluding hydrogens is 448 g/mol. The quantitative estimate of drug-likeness (QED) is 0.460. The molecule has 1 aromatic heterocycles. The maximum absolute atomic E-state index is 13.3. The summed E-state index contributed by atoms with van der Waals surface area (Å²) >= 11 is 1.45. The van der Waals surface area contributed by atoms with E-state index in [1.54, 1.807) is 29.2 Å². The molecule has 4 rings (SSSR count). The number of thiazole rings is 1. The number of aryl methyl sites for hydroxylation is 1. The minimum Gasteiger partial charge on any atom is -1.00 e. The van der Waals surface area contributed by atoms with Gasteiger partial charge in [0.1, 0.15) is 6.54 Å². The highest BCUT2D eigenvalue weighted by atomic mass is 35.5. The SMILES string of the molecule is Cc1ccc2nc(N(CCCN(C)C)C(=O)CN3C(=O)c4ccccc4C3=O)sc2c1.[Cl-]. The van der Waals surface area contributed by atoms with Crippen molar-refractivity contribution in [2.75, 3.05) is 38.6 Å². The van der Waals surface area contributed by atoms with Crippen molar-refractivity contribution in [2.24, 2.45) is 0 Å². The van der Waals surface area contributed by atoms with Gasteiger partial charge in [-0.15, -0.1) is 0 Å². The summed E-state index contributed by atoms with van der Waals surface area (Å²) in [5.41, 5.74) is 2.64. The van der Waals surface area contributed by atoms with Gasteiger partial charge in [0.15, 0.2) is 5.13 Å². The van der Waals surface area contributed by atoms with E-state index in [0.717, 1.165) is 33.6 Å². The fraction of sp³-hybridized carbons (Fsp3) is 0.304. The molecule has 2 aromatic carbocycles. The van der Waals surface area contributed by atoms with Gasteiger partial charge in [-0.05, 0) is 63.8 Å². The molecule has 2 heterocycles. The summed E-state index contributed by atoms with van der Waals surface area (Å²) in [5, 5.41) is 0.584. The van der Waals surface area contributed by atoms with E-state index in [9.17, 15) is 14.4 Å². The van der Waals surface area contributed by atoms with Crippen molar-refractivity contribution in [1.29, 1.82) is 0 Å². The molecule has 0 saturated heterocycles. The molecule has 0 saturated carbocycles. The molecule has 9 heteroatoms.